The number of nitrogens with one attached hydrogen (secondary N) is 1. The van der Waals surface area contributed by atoms with Crippen molar-refractivity contribution >= 4 is 33.8 Å². The van der Waals surface area contributed by atoms with Crippen LogP contribution in [0, 0.1) is 22.5 Å². The quantitative estimate of drug-likeness (QED) is 0.864. The van der Waals surface area contributed by atoms with Crippen molar-refractivity contribution in [3.63, 3.8) is 0 Å². The van der Waals surface area contributed by atoms with Crippen molar-refractivity contribution < 1.29 is 0 Å². The minimum absolute atomic E-state index is 0.0417. The Hall–Kier alpha value is -0.940. The van der Waals surface area contributed by atoms with Crippen LogP contribution in [0.25, 0.3) is 10.2 Å². The highest BCUT2D eigenvalue weighted by Gasteiger charge is 2.19. The second-order valence-electron chi connectivity index (χ2n) is 5.66. The third-order valence-electron chi connectivity index (χ3n) is 3.70. The molecule has 0 aliphatic rings. The first-order valence-electron chi connectivity index (χ1n) is 6.62. The smallest absolute Gasteiger partial charge is 0.272 e. The van der Waals surface area contributed by atoms with Gasteiger partial charge in [0.25, 0.3) is 5.56 Å². The Morgan fingerprint density at radius 2 is 1.95 bits per heavy atom. The third-order valence-corrected chi connectivity index (χ3v) is 4.92. The Kier molecular flexibility index (Phi) is 4.26. The summed E-state index contributed by atoms with van der Waals surface area (Å²) in [5, 5.41) is 1.92. The number of fused-ring (bicyclic) bond motifs is 1. The molecule has 0 fully saturated rings. The molecule has 0 saturated carbocycles. The average molecular weight is 296 g/mol. The molecule has 5 heteroatoms. The summed E-state index contributed by atoms with van der Waals surface area (Å²) < 4.78 is 3.01. The number of hydrogen-bond donors (Lipinski definition) is 1. The molecule has 1 N–H and O–H groups in total. The van der Waals surface area contributed by atoms with Gasteiger partial charge in [0.15, 0.2) is 4.77 Å². The van der Waals surface area contributed by atoms with Crippen molar-refractivity contribution in [1.82, 2.24) is 9.55 Å². The standard InChI is InChI=1S/C14H20N2OS2/c1-8(2)10(9(3)4)7-16-13(17)12-11(5-6-19-12)15-14(16)18/h5-6,8-10H,7H2,1-4H3,(H,15,18). The van der Waals surface area contributed by atoms with E-state index in [4.69, 9.17) is 12.2 Å². The van der Waals surface area contributed by atoms with Crippen LogP contribution < -0.4 is 5.56 Å². The fourth-order valence-corrected chi connectivity index (χ4v) is 3.60. The Morgan fingerprint density at radius 1 is 1.32 bits per heavy atom. The Balaban J connectivity index is 2.50. The summed E-state index contributed by atoms with van der Waals surface area (Å²) in [7, 11) is 0. The number of H-pyrrole nitrogens is 1. The minimum Gasteiger partial charge on any atom is -0.331 e. The lowest BCUT2D eigenvalue weighted by Gasteiger charge is -2.25. The molecule has 0 radical (unpaired) electrons. The first kappa shape index (κ1) is 14.5. The summed E-state index contributed by atoms with van der Waals surface area (Å²) in [5.74, 6) is 1.51. The number of thiophene rings is 1. The van der Waals surface area contributed by atoms with Crippen LogP contribution in [0.15, 0.2) is 16.2 Å². The normalized spacial score (nSPS) is 12.2. The molecule has 0 aliphatic carbocycles. The van der Waals surface area contributed by atoms with E-state index in [1.54, 1.807) is 4.57 Å². The molecule has 19 heavy (non-hydrogen) atoms. The van der Waals surface area contributed by atoms with Gasteiger partial charge in [-0.3, -0.25) is 9.36 Å². The molecule has 0 bridgehead atoms. The summed E-state index contributed by atoms with van der Waals surface area (Å²) in [5.41, 5.74) is 0.891. The van der Waals surface area contributed by atoms with Gasteiger partial charge < -0.3 is 4.98 Å². The zero-order valence-electron chi connectivity index (χ0n) is 11.8. The number of aromatic amines is 1. The SMILES string of the molecule is CC(C)C(Cn1c(=S)[nH]c2ccsc2c1=O)C(C)C. The molecule has 0 saturated heterocycles. The van der Waals surface area contributed by atoms with Crippen molar-refractivity contribution in [2.75, 3.05) is 0 Å². The van der Waals surface area contributed by atoms with Gasteiger partial charge in [-0.05, 0) is 41.4 Å². The van der Waals surface area contributed by atoms with E-state index in [-0.39, 0.29) is 5.56 Å². The predicted molar refractivity (Wildman–Crippen MR) is 84.4 cm³/mol. The lowest BCUT2D eigenvalue weighted by molar-refractivity contribution is 0.248. The van der Waals surface area contributed by atoms with Gasteiger partial charge in [-0.2, -0.15) is 0 Å². The highest BCUT2D eigenvalue weighted by atomic mass is 32.1. The Morgan fingerprint density at radius 3 is 2.53 bits per heavy atom. The summed E-state index contributed by atoms with van der Waals surface area (Å²) >= 11 is 6.81. The van der Waals surface area contributed by atoms with Gasteiger partial charge in [-0.1, -0.05) is 27.7 Å². The summed E-state index contributed by atoms with van der Waals surface area (Å²) in [6.07, 6.45) is 0. The van der Waals surface area contributed by atoms with Crippen molar-refractivity contribution in [3.05, 3.63) is 26.6 Å². The lowest BCUT2D eigenvalue weighted by atomic mass is 9.85. The largest absolute Gasteiger partial charge is 0.331 e. The van der Waals surface area contributed by atoms with Crippen LogP contribution in [0.4, 0.5) is 0 Å². The van der Waals surface area contributed by atoms with E-state index in [1.165, 1.54) is 11.3 Å². The molecule has 3 nitrogen and oxygen atoms in total. The molecular formula is C14H20N2OS2. The van der Waals surface area contributed by atoms with Crippen LogP contribution in [-0.2, 0) is 6.54 Å². The average Bonchev–Trinajstić information content (AvgIpc) is 2.75. The second-order valence-corrected chi connectivity index (χ2v) is 6.96. The fourth-order valence-electron chi connectivity index (χ4n) is 2.54. The molecule has 2 rings (SSSR count). The van der Waals surface area contributed by atoms with Crippen molar-refractivity contribution in [2.45, 2.75) is 34.2 Å². The summed E-state index contributed by atoms with van der Waals surface area (Å²) in [6, 6.07) is 1.91. The number of aromatic nitrogens is 2. The molecule has 0 aromatic carbocycles. The van der Waals surface area contributed by atoms with Crippen molar-refractivity contribution in [2.24, 2.45) is 17.8 Å². The molecule has 0 amide bonds. The monoisotopic (exact) mass is 296 g/mol. The van der Waals surface area contributed by atoms with Gasteiger partial charge in [-0.15, -0.1) is 11.3 Å². The number of nitrogens with zero attached hydrogens (tertiary/aromatic N) is 1. The van der Waals surface area contributed by atoms with Crippen molar-refractivity contribution in [3.8, 4) is 0 Å². The number of hydrogen-bond acceptors (Lipinski definition) is 3. The van der Waals surface area contributed by atoms with Crippen LogP contribution in [0.1, 0.15) is 27.7 Å². The lowest BCUT2D eigenvalue weighted by Crippen LogP contribution is -2.29. The molecule has 104 valence electrons. The zero-order valence-corrected chi connectivity index (χ0v) is 13.4. The molecule has 0 unspecified atom stereocenters. The fraction of sp³-hybridized carbons (Fsp3) is 0.571. The maximum absolute atomic E-state index is 12.5. The first-order valence-corrected chi connectivity index (χ1v) is 7.91. The molecule has 2 aromatic heterocycles. The van der Waals surface area contributed by atoms with E-state index in [0.717, 1.165) is 10.2 Å². The van der Waals surface area contributed by atoms with Gasteiger partial charge in [0.1, 0.15) is 4.70 Å². The van der Waals surface area contributed by atoms with E-state index in [1.807, 2.05) is 11.4 Å². The molecule has 2 aromatic rings. The zero-order chi connectivity index (χ0) is 14.2. The Bertz CT molecular complexity index is 671. The summed E-state index contributed by atoms with van der Waals surface area (Å²) in [6.45, 7) is 9.49. The third kappa shape index (κ3) is 2.82. The van der Waals surface area contributed by atoms with Gasteiger partial charge in [-0.25, -0.2) is 0 Å². The van der Waals surface area contributed by atoms with E-state index in [2.05, 4.69) is 32.7 Å². The Labute approximate surface area is 122 Å². The highest BCUT2D eigenvalue weighted by molar-refractivity contribution is 7.71. The molecule has 0 atom stereocenters. The van der Waals surface area contributed by atoms with Crippen LogP contribution >= 0.6 is 23.6 Å². The maximum Gasteiger partial charge on any atom is 0.272 e. The molecule has 2 heterocycles. The van der Waals surface area contributed by atoms with Crippen LogP contribution in [0.3, 0.4) is 0 Å². The van der Waals surface area contributed by atoms with E-state index in [0.29, 0.717) is 29.1 Å². The van der Waals surface area contributed by atoms with Crippen LogP contribution in [-0.4, -0.2) is 9.55 Å². The van der Waals surface area contributed by atoms with Gasteiger partial charge in [0, 0.05) is 6.54 Å². The molecule has 0 aliphatic heterocycles. The van der Waals surface area contributed by atoms with Gasteiger partial charge in [0.2, 0.25) is 0 Å². The molecule has 0 spiro atoms. The highest BCUT2D eigenvalue weighted by Crippen LogP contribution is 2.22. The first-order chi connectivity index (χ1) is 8.91. The van der Waals surface area contributed by atoms with E-state index in [9.17, 15) is 4.79 Å². The maximum atomic E-state index is 12.5. The minimum atomic E-state index is 0.0417. The van der Waals surface area contributed by atoms with Crippen LogP contribution in [0.5, 0.6) is 0 Å². The summed E-state index contributed by atoms with van der Waals surface area (Å²) in [4.78, 5) is 15.6. The topological polar surface area (TPSA) is 37.8 Å². The van der Waals surface area contributed by atoms with E-state index < -0.39 is 0 Å². The van der Waals surface area contributed by atoms with Crippen LogP contribution in [0.2, 0.25) is 0 Å². The molecular weight excluding hydrogens is 276 g/mol. The van der Waals surface area contributed by atoms with Gasteiger partial charge >= 0.3 is 0 Å². The number of rotatable bonds is 4. The van der Waals surface area contributed by atoms with Crippen molar-refractivity contribution in [1.29, 1.82) is 0 Å². The second kappa shape index (κ2) is 5.59. The predicted octanol–water partition coefficient (Wildman–Crippen LogP) is 4.05. The van der Waals surface area contributed by atoms with Gasteiger partial charge in [0.05, 0.1) is 5.52 Å². The van der Waals surface area contributed by atoms with E-state index >= 15 is 0 Å².